The van der Waals surface area contributed by atoms with Crippen LogP contribution in [-0.4, -0.2) is 22.6 Å². The third-order valence-corrected chi connectivity index (χ3v) is 5.14. The highest BCUT2D eigenvalue weighted by atomic mass is 35.5. The third-order valence-electron chi connectivity index (χ3n) is 4.89. The van der Waals surface area contributed by atoms with Gasteiger partial charge in [-0.05, 0) is 47.9 Å². The fourth-order valence-electron chi connectivity index (χ4n) is 3.28. The Hall–Kier alpha value is -2.66. The van der Waals surface area contributed by atoms with Crippen LogP contribution >= 0.6 is 11.6 Å². The lowest BCUT2D eigenvalue weighted by Crippen LogP contribution is -2.24. The minimum Gasteiger partial charge on any atom is -0.339 e. The Balaban J connectivity index is 1.51. The summed E-state index contributed by atoms with van der Waals surface area (Å²) in [6.45, 7) is 4.85. The molecule has 0 aliphatic carbocycles. The second kappa shape index (κ2) is 7.16. The van der Waals surface area contributed by atoms with Crippen molar-refractivity contribution in [1.82, 2.24) is 10.1 Å². The summed E-state index contributed by atoms with van der Waals surface area (Å²) in [4.78, 5) is 18.8. The number of amides is 1. The van der Waals surface area contributed by atoms with Crippen molar-refractivity contribution in [3.63, 3.8) is 0 Å². The maximum Gasteiger partial charge on any atom is 0.232 e. The van der Waals surface area contributed by atoms with Crippen molar-refractivity contribution in [2.24, 2.45) is 0 Å². The highest BCUT2D eigenvalue weighted by Gasteiger charge is 2.35. The predicted molar refractivity (Wildman–Crippen MR) is 105 cm³/mol. The molecule has 0 spiro atoms. The molecular weight excluding hydrogens is 362 g/mol. The predicted octanol–water partition coefficient (Wildman–Crippen LogP) is 5.03. The number of carbonyl (C=O) groups excluding carboxylic acids is 1. The average molecular weight is 382 g/mol. The van der Waals surface area contributed by atoms with E-state index < -0.39 is 0 Å². The molecule has 2 heterocycles. The van der Waals surface area contributed by atoms with E-state index in [-0.39, 0.29) is 11.8 Å². The summed E-state index contributed by atoms with van der Waals surface area (Å²) in [6.07, 6.45) is 0.369. The summed E-state index contributed by atoms with van der Waals surface area (Å²) in [7, 11) is 0. The van der Waals surface area contributed by atoms with Gasteiger partial charge in [0.2, 0.25) is 17.6 Å². The Kier molecular flexibility index (Phi) is 4.70. The fraction of sp³-hybridized carbons (Fsp3) is 0.286. The van der Waals surface area contributed by atoms with E-state index in [1.807, 2.05) is 24.3 Å². The van der Waals surface area contributed by atoms with Gasteiger partial charge in [-0.1, -0.05) is 42.7 Å². The number of hydrogen-bond donors (Lipinski definition) is 0. The number of anilines is 1. The van der Waals surface area contributed by atoms with Gasteiger partial charge in [0.05, 0.1) is 5.92 Å². The van der Waals surface area contributed by atoms with Gasteiger partial charge < -0.3 is 9.42 Å². The SMILES string of the molecule is CC(C)c1ccc(N2C[C@H](c3nc(-c4ccc(Cl)cc4)no3)CC2=O)cc1. The minimum absolute atomic E-state index is 0.0727. The summed E-state index contributed by atoms with van der Waals surface area (Å²) < 4.78 is 5.44. The summed E-state index contributed by atoms with van der Waals surface area (Å²) in [5.74, 6) is 1.44. The van der Waals surface area contributed by atoms with E-state index in [4.69, 9.17) is 16.1 Å². The molecule has 0 bridgehead atoms. The number of rotatable bonds is 4. The Labute approximate surface area is 163 Å². The van der Waals surface area contributed by atoms with Gasteiger partial charge in [-0.25, -0.2) is 0 Å². The molecule has 1 saturated heterocycles. The second-order valence-electron chi connectivity index (χ2n) is 7.11. The van der Waals surface area contributed by atoms with Crippen molar-refractivity contribution in [2.75, 3.05) is 11.4 Å². The molecule has 1 aromatic heterocycles. The van der Waals surface area contributed by atoms with Gasteiger partial charge in [0.25, 0.3) is 0 Å². The molecule has 1 aliphatic rings. The lowest BCUT2D eigenvalue weighted by Gasteiger charge is -2.17. The summed E-state index contributed by atoms with van der Waals surface area (Å²) >= 11 is 5.92. The number of nitrogens with zero attached hydrogens (tertiary/aromatic N) is 3. The summed E-state index contributed by atoms with van der Waals surface area (Å²) in [5, 5.41) is 4.71. The molecule has 27 heavy (non-hydrogen) atoms. The first-order valence-electron chi connectivity index (χ1n) is 9.01. The van der Waals surface area contributed by atoms with Crippen molar-refractivity contribution in [1.29, 1.82) is 0 Å². The molecule has 1 amide bonds. The van der Waals surface area contributed by atoms with Gasteiger partial charge >= 0.3 is 0 Å². The van der Waals surface area contributed by atoms with Crippen LogP contribution in [0.1, 0.15) is 43.6 Å². The molecule has 1 aliphatic heterocycles. The van der Waals surface area contributed by atoms with Crippen LogP contribution in [0.5, 0.6) is 0 Å². The molecule has 2 aromatic carbocycles. The minimum atomic E-state index is -0.101. The molecule has 0 radical (unpaired) electrons. The first-order chi connectivity index (χ1) is 13.0. The smallest absolute Gasteiger partial charge is 0.232 e. The Morgan fingerprint density at radius 1 is 1.11 bits per heavy atom. The third kappa shape index (κ3) is 3.60. The van der Waals surface area contributed by atoms with Crippen LogP contribution in [0.4, 0.5) is 5.69 Å². The lowest BCUT2D eigenvalue weighted by molar-refractivity contribution is -0.117. The monoisotopic (exact) mass is 381 g/mol. The summed E-state index contributed by atoms with van der Waals surface area (Å²) in [6, 6.07) is 15.4. The number of hydrogen-bond acceptors (Lipinski definition) is 4. The van der Waals surface area contributed by atoms with Gasteiger partial charge in [0.1, 0.15) is 0 Å². The first-order valence-corrected chi connectivity index (χ1v) is 9.39. The van der Waals surface area contributed by atoms with Gasteiger partial charge in [0, 0.05) is 29.2 Å². The van der Waals surface area contributed by atoms with Gasteiger partial charge in [0.15, 0.2) is 0 Å². The Bertz CT molecular complexity index is 948. The summed E-state index contributed by atoms with van der Waals surface area (Å²) in [5.41, 5.74) is 3.00. The van der Waals surface area contributed by atoms with E-state index in [0.29, 0.717) is 35.6 Å². The Morgan fingerprint density at radius 3 is 2.48 bits per heavy atom. The van der Waals surface area contributed by atoms with Crippen LogP contribution in [0.3, 0.4) is 0 Å². The fourth-order valence-corrected chi connectivity index (χ4v) is 3.40. The Morgan fingerprint density at radius 2 is 1.81 bits per heavy atom. The van der Waals surface area contributed by atoms with Crippen LogP contribution in [0.2, 0.25) is 5.02 Å². The van der Waals surface area contributed by atoms with E-state index in [1.165, 1.54) is 5.56 Å². The highest BCUT2D eigenvalue weighted by Crippen LogP contribution is 2.32. The first kappa shape index (κ1) is 17.7. The molecule has 0 unspecified atom stereocenters. The van der Waals surface area contributed by atoms with E-state index in [9.17, 15) is 4.79 Å². The quantitative estimate of drug-likeness (QED) is 0.635. The highest BCUT2D eigenvalue weighted by molar-refractivity contribution is 6.30. The standard InChI is InChI=1S/C21H20ClN3O2/c1-13(2)14-5-9-18(10-6-14)25-12-16(11-19(25)26)21-23-20(24-27-21)15-3-7-17(22)8-4-15/h3-10,13,16H,11-12H2,1-2H3/t16-/m1/s1. The zero-order valence-corrected chi connectivity index (χ0v) is 16.0. The maximum absolute atomic E-state index is 12.5. The van der Waals surface area contributed by atoms with Crippen molar-refractivity contribution >= 4 is 23.2 Å². The molecule has 4 rings (SSSR count). The number of aromatic nitrogens is 2. The van der Waals surface area contributed by atoms with Gasteiger partial charge in [-0.2, -0.15) is 4.98 Å². The van der Waals surface area contributed by atoms with Crippen LogP contribution in [0.15, 0.2) is 53.1 Å². The molecule has 5 nitrogen and oxygen atoms in total. The zero-order chi connectivity index (χ0) is 19.0. The molecule has 6 heteroatoms. The topological polar surface area (TPSA) is 59.2 Å². The second-order valence-corrected chi connectivity index (χ2v) is 7.55. The van der Waals surface area contributed by atoms with Crippen LogP contribution < -0.4 is 4.90 Å². The molecule has 3 aromatic rings. The van der Waals surface area contributed by atoms with Crippen LogP contribution in [-0.2, 0) is 4.79 Å². The van der Waals surface area contributed by atoms with Crippen molar-refractivity contribution in [3.8, 4) is 11.4 Å². The van der Waals surface area contributed by atoms with E-state index >= 15 is 0 Å². The van der Waals surface area contributed by atoms with E-state index in [2.05, 4.69) is 36.1 Å². The zero-order valence-electron chi connectivity index (χ0n) is 15.2. The number of carbonyl (C=O) groups is 1. The largest absolute Gasteiger partial charge is 0.339 e. The van der Waals surface area contributed by atoms with E-state index in [1.54, 1.807) is 17.0 Å². The maximum atomic E-state index is 12.5. The van der Waals surface area contributed by atoms with Crippen molar-refractivity contribution in [2.45, 2.75) is 32.1 Å². The average Bonchev–Trinajstić information content (AvgIpc) is 3.29. The van der Waals surface area contributed by atoms with Crippen molar-refractivity contribution < 1.29 is 9.32 Å². The lowest BCUT2D eigenvalue weighted by atomic mass is 10.0. The number of benzene rings is 2. The van der Waals surface area contributed by atoms with Crippen LogP contribution in [0.25, 0.3) is 11.4 Å². The molecule has 0 saturated carbocycles. The van der Waals surface area contributed by atoms with E-state index in [0.717, 1.165) is 11.3 Å². The molecule has 1 atom stereocenters. The van der Waals surface area contributed by atoms with Crippen LogP contribution in [0, 0.1) is 0 Å². The van der Waals surface area contributed by atoms with Gasteiger partial charge in [-0.3, -0.25) is 4.79 Å². The van der Waals surface area contributed by atoms with Gasteiger partial charge in [-0.15, -0.1) is 0 Å². The molecular formula is C21H20ClN3O2. The normalized spacial score (nSPS) is 17.1. The molecule has 0 N–H and O–H groups in total. The van der Waals surface area contributed by atoms with Crippen molar-refractivity contribution in [3.05, 3.63) is 65.0 Å². The molecule has 1 fully saturated rings. The number of halogens is 1. The molecule has 138 valence electrons.